The van der Waals surface area contributed by atoms with Crippen LogP contribution < -0.4 is 10.1 Å². The first-order valence-corrected chi connectivity index (χ1v) is 7.47. The number of nitrogens with one attached hydrogen (secondary N) is 1. The molecule has 2 aromatic rings. The topological polar surface area (TPSA) is 21.3 Å². The van der Waals surface area contributed by atoms with Crippen molar-refractivity contribution in [3.05, 3.63) is 63.0 Å². The van der Waals surface area contributed by atoms with Gasteiger partial charge in [-0.1, -0.05) is 18.2 Å². The molecule has 2 rings (SSSR count). The van der Waals surface area contributed by atoms with Crippen molar-refractivity contribution in [3.8, 4) is 5.75 Å². The minimum atomic E-state index is -0.200. The highest BCUT2D eigenvalue weighted by Gasteiger charge is 2.14. The van der Waals surface area contributed by atoms with E-state index in [0.717, 1.165) is 21.3 Å². The lowest BCUT2D eigenvalue weighted by atomic mass is 9.99. The molecular formula is C16H17FINO. The van der Waals surface area contributed by atoms with E-state index in [9.17, 15) is 4.39 Å². The second-order valence-corrected chi connectivity index (χ2v) is 5.72. The number of likely N-dealkylation sites (N-methyl/N-ethyl adjacent to an activating group) is 1. The van der Waals surface area contributed by atoms with Gasteiger partial charge in [0.25, 0.3) is 0 Å². The van der Waals surface area contributed by atoms with Crippen LogP contribution in [0.25, 0.3) is 0 Å². The quantitative estimate of drug-likeness (QED) is 0.788. The summed E-state index contributed by atoms with van der Waals surface area (Å²) in [5, 5.41) is 3.30. The van der Waals surface area contributed by atoms with Crippen LogP contribution in [-0.2, 0) is 6.42 Å². The van der Waals surface area contributed by atoms with Gasteiger partial charge in [-0.2, -0.15) is 0 Å². The van der Waals surface area contributed by atoms with E-state index in [2.05, 4.69) is 34.0 Å². The van der Waals surface area contributed by atoms with E-state index >= 15 is 0 Å². The molecule has 0 aliphatic carbocycles. The Morgan fingerprint density at radius 1 is 1.25 bits per heavy atom. The van der Waals surface area contributed by atoms with Crippen LogP contribution in [-0.4, -0.2) is 14.2 Å². The molecule has 2 aromatic carbocycles. The molecule has 0 aliphatic heterocycles. The fourth-order valence-corrected chi connectivity index (χ4v) is 3.04. The van der Waals surface area contributed by atoms with Gasteiger partial charge in [-0.25, -0.2) is 4.39 Å². The van der Waals surface area contributed by atoms with Gasteiger partial charge in [0, 0.05) is 9.61 Å². The number of hydrogen-bond donors (Lipinski definition) is 1. The number of methoxy groups -OCH3 is 1. The maximum Gasteiger partial charge on any atom is 0.124 e. The monoisotopic (exact) mass is 385 g/mol. The van der Waals surface area contributed by atoms with Crippen LogP contribution in [0.3, 0.4) is 0 Å². The van der Waals surface area contributed by atoms with E-state index in [1.807, 2.05) is 31.3 Å². The first-order chi connectivity index (χ1) is 9.63. The van der Waals surface area contributed by atoms with Gasteiger partial charge >= 0.3 is 0 Å². The summed E-state index contributed by atoms with van der Waals surface area (Å²) < 4.78 is 19.4. The minimum Gasteiger partial charge on any atom is -0.497 e. The Hall–Kier alpha value is -1.14. The van der Waals surface area contributed by atoms with Crippen LogP contribution in [0.2, 0.25) is 0 Å². The van der Waals surface area contributed by atoms with Gasteiger partial charge in [-0.15, -0.1) is 0 Å². The van der Waals surface area contributed by atoms with Crippen molar-refractivity contribution >= 4 is 22.6 Å². The Labute approximate surface area is 132 Å². The fourth-order valence-electron chi connectivity index (χ4n) is 2.19. The van der Waals surface area contributed by atoms with Gasteiger partial charge in [0.15, 0.2) is 0 Å². The molecule has 2 nitrogen and oxygen atoms in total. The Morgan fingerprint density at radius 3 is 2.70 bits per heavy atom. The molecule has 1 N–H and O–H groups in total. The summed E-state index contributed by atoms with van der Waals surface area (Å²) in [4.78, 5) is 0. The van der Waals surface area contributed by atoms with Crippen LogP contribution in [0.4, 0.5) is 4.39 Å². The third-order valence-electron chi connectivity index (χ3n) is 3.26. The van der Waals surface area contributed by atoms with Crippen LogP contribution >= 0.6 is 22.6 Å². The molecule has 0 saturated carbocycles. The molecule has 106 valence electrons. The zero-order valence-corrected chi connectivity index (χ0v) is 13.6. The molecule has 0 heterocycles. The van der Waals surface area contributed by atoms with Crippen LogP contribution in [0, 0.1) is 9.39 Å². The SMILES string of the molecule is CNC(Cc1cccc(OC)c1)c1ccc(F)cc1I. The van der Waals surface area contributed by atoms with Gasteiger partial charge in [-0.3, -0.25) is 0 Å². The van der Waals surface area contributed by atoms with E-state index in [-0.39, 0.29) is 11.9 Å². The van der Waals surface area contributed by atoms with Crippen molar-refractivity contribution in [1.82, 2.24) is 5.32 Å². The number of rotatable bonds is 5. The summed E-state index contributed by atoms with van der Waals surface area (Å²) >= 11 is 2.18. The summed E-state index contributed by atoms with van der Waals surface area (Å²) in [5.74, 6) is 0.653. The highest BCUT2D eigenvalue weighted by molar-refractivity contribution is 14.1. The average Bonchev–Trinajstić information content (AvgIpc) is 2.45. The average molecular weight is 385 g/mol. The fraction of sp³-hybridized carbons (Fsp3) is 0.250. The summed E-state index contributed by atoms with van der Waals surface area (Å²) in [6, 6.07) is 13.1. The predicted octanol–water partition coefficient (Wildman–Crippen LogP) is 3.94. The largest absolute Gasteiger partial charge is 0.497 e. The summed E-state index contributed by atoms with van der Waals surface area (Å²) in [6.07, 6.45) is 0.829. The lowest BCUT2D eigenvalue weighted by Crippen LogP contribution is -2.20. The summed E-state index contributed by atoms with van der Waals surface area (Å²) in [5.41, 5.74) is 2.29. The molecule has 20 heavy (non-hydrogen) atoms. The van der Waals surface area contributed by atoms with Gasteiger partial charge in [0.05, 0.1) is 7.11 Å². The molecule has 0 saturated heterocycles. The Bertz CT molecular complexity index is 588. The lowest BCUT2D eigenvalue weighted by Gasteiger charge is -2.18. The molecule has 0 amide bonds. The maximum absolute atomic E-state index is 13.2. The molecule has 4 heteroatoms. The second kappa shape index (κ2) is 7.04. The third kappa shape index (κ3) is 3.70. The summed E-state index contributed by atoms with van der Waals surface area (Å²) in [6.45, 7) is 0. The van der Waals surface area contributed by atoms with Crippen molar-refractivity contribution in [2.24, 2.45) is 0 Å². The van der Waals surface area contributed by atoms with E-state index in [1.54, 1.807) is 13.2 Å². The van der Waals surface area contributed by atoms with E-state index in [4.69, 9.17) is 4.74 Å². The molecule has 0 bridgehead atoms. The van der Waals surface area contributed by atoms with E-state index in [1.165, 1.54) is 11.6 Å². The molecular weight excluding hydrogens is 368 g/mol. The highest BCUT2D eigenvalue weighted by atomic mass is 127. The molecule has 1 atom stereocenters. The number of hydrogen-bond acceptors (Lipinski definition) is 2. The van der Waals surface area contributed by atoms with Gasteiger partial charge in [0.2, 0.25) is 0 Å². The molecule has 0 aliphatic rings. The highest BCUT2D eigenvalue weighted by Crippen LogP contribution is 2.25. The van der Waals surface area contributed by atoms with Crippen molar-refractivity contribution in [1.29, 1.82) is 0 Å². The minimum absolute atomic E-state index is 0.148. The van der Waals surface area contributed by atoms with Gasteiger partial charge in [0.1, 0.15) is 11.6 Å². The first kappa shape index (κ1) is 15.3. The standard InChI is InChI=1S/C16H17FINO/c1-19-16(14-7-6-12(17)10-15(14)18)9-11-4-3-5-13(8-11)20-2/h3-8,10,16,19H,9H2,1-2H3. The molecule has 0 spiro atoms. The van der Waals surface area contributed by atoms with Crippen molar-refractivity contribution < 1.29 is 9.13 Å². The lowest BCUT2D eigenvalue weighted by molar-refractivity contribution is 0.414. The zero-order chi connectivity index (χ0) is 14.5. The molecule has 1 unspecified atom stereocenters. The second-order valence-electron chi connectivity index (χ2n) is 4.56. The molecule has 0 fully saturated rings. The number of halogens is 2. The van der Waals surface area contributed by atoms with Crippen LogP contribution in [0.5, 0.6) is 5.75 Å². The van der Waals surface area contributed by atoms with Crippen molar-refractivity contribution in [2.75, 3.05) is 14.2 Å². The predicted molar refractivity (Wildman–Crippen MR) is 87.6 cm³/mol. The summed E-state index contributed by atoms with van der Waals surface area (Å²) in [7, 11) is 3.59. The molecule has 0 aromatic heterocycles. The van der Waals surface area contributed by atoms with Gasteiger partial charge in [-0.05, 0) is 71.5 Å². The number of benzene rings is 2. The Kier molecular flexibility index (Phi) is 5.37. The van der Waals surface area contributed by atoms with Crippen LogP contribution in [0.1, 0.15) is 17.2 Å². The molecule has 0 radical (unpaired) electrons. The van der Waals surface area contributed by atoms with E-state index in [0.29, 0.717) is 0 Å². The Balaban J connectivity index is 2.23. The normalized spacial score (nSPS) is 12.2. The van der Waals surface area contributed by atoms with Crippen molar-refractivity contribution in [3.63, 3.8) is 0 Å². The zero-order valence-electron chi connectivity index (χ0n) is 11.5. The number of ether oxygens (including phenoxy) is 1. The van der Waals surface area contributed by atoms with Crippen molar-refractivity contribution in [2.45, 2.75) is 12.5 Å². The maximum atomic E-state index is 13.2. The smallest absolute Gasteiger partial charge is 0.124 e. The van der Waals surface area contributed by atoms with E-state index < -0.39 is 0 Å². The third-order valence-corrected chi connectivity index (χ3v) is 4.19. The Morgan fingerprint density at radius 2 is 2.05 bits per heavy atom. The van der Waals surface area contributed by atoms with Crippen LogP contribution in [0.15, 0.2) is 42.5 Å². The van der Waals surface area contributed by atoms with Gasteiger partial charge < -0.3 is 10.1 Å². The first-order valence-electron chi connectivity index (χ1n) is 6.39.